The lowest BCUT2D eigenvalue weighted by molar-refractivity contribution is 0.0948. The Kier molecular flexibility index (Phi) is 8.53. The Morgan fingerprint density at radius 2 is 2.04 bits per heavy atom. The lowest BCUT2D eigenvalue weighted by Crippen LogP contribution is -2.30. The first-order valence-electron chi connectivity index (χ1n) is 8.94. The SMILES string of the molecule is Cc1c(C(=O)NCCCSc2ccc(F)cc2)nnn1C1CCNCC1.Cl. The number of aromatic nitrogens is 3. The normalized spacial score (nSPS) is 14.6. The largest absolute Gasteiger partial charge is 0.351 e. The standard InChI is InChI=1S/C18H24FN5OS.ClH/c1-13-17(22-23-24(13)15-7-10-20-11-8-15)18(25)21-9-2-12-26-16-5-3-14(19)4-6-16;/h3-6,15,20H,2,7-12H2,1H3,(H,21,25);1H. The molecule has 2 N–H and O–H groups in total. The quantitative estimate of drug-likeness (QED) is 0.539. The molecule has 27 heavy (non-hydrogen) atoms. The van der Waals surface area contributed by atoms with Crippen LogP contribution in [0.15, 0.2) is 29.2 Å². The van der Waals surface area contributed by atoms with Gasteiger partial charge in [-0.3, -0.25) is 4.79 Å². The minimum Gasteiger partial charge on any atom is -0.351 e. The summed E-state index contributed by atoms with van der Waals surface area (Å²) in [5.41, 5.74) is 1.24. The first-order valence-corrected chi connectivity index (χ1v) is 9.93. The number of benzene rings is 1. The molecule has 2 aromatic rings. The second-order valence-electron chi connectivity index (χ2n) is 6.36. The predicted molar refractivity (Wildman–Crippen MR) is 107 cm³/mol. The number of piperidine rings is 1. The molecule has 0 saturated carbocycles. The number of carbonyl (C=O) groups is 1. The van der Waals surface area contributed by atoms with Crippen LogP contribution in [0.25, 0.3) is 0 Å². The fraction of sp³-hybridized carbons (Fsp3) is 0.500. The second-order valence-corrected chi connectivity index (χ2v) is 7.53. The topological polar surface area (TPSA) is 71.8 Å². The maximum atomic E-state index is 12.9. The summed E-state index contributed by atoms with van der Waals surface area (Å²) in [5, 5.41) is 14.5. The average molecular weight is 414 g/mol. The number of amides is 1. The van der Waals surface area contributed by atoms with Gasteiger partial charge in [0.25, 0.3) is 5.91 Å². The lowest BCUT2D eigenvalue weighted by Gasteiger charge is -2.23. The molecule has 1 fully saturated rings. The van der Waals surface area contributed by atoms with Gasteiger partial charge in [0.1, 0.15) is 5.82 Å². The van der Waals surface area contributed by atoms with Crippen LogP contribution in [0.5, 0.6) is 0 Å². The van der Waals surface area contributed by atoms with Gasteiger partial charge in [-0.05, 0) is 69.3 Å². The van der Waals surface area contributed by atoms with E-state index in [0.29, 0.717) is 18.3 Å². The van der Waals surface area contributed by atoms with Crippen LogP contribution in [-0.4, -0.2) is 46.3 Å². The molecule has 1 saturated heterocycles. The molecule has 9 heteroatoms. The van der Waals surface area contributed by atoms with E-state index in [9.17, 15) is 9.18 Å². The van der Waals surface area contributed by atoms with Crippen LogP contribution >= 0.6 is 24.2 Å². The number of halogens is 2. The Labute approximate surface area is 169 Å². The Hall–Kier alpha value is -1.64. The smallest absolute Gasteiger partial charge is 0.273 e. The molecular weight excluding hydrogens is 389 g/mol. The van der Waals surface area contributed by atoms with Crippen molar-refractivity contribution in [1.29, 1.82) is 0 Å². The molecular formula is C18H25ClFN5OS. The Balaban J connectivity index is 0.00000261. The van der Waals surface area contributed by atoms with Gasteiger partial charge in [0.05, 0.1) is 11.7 Å². The number of carbonyl (C=O) groups excluding carboxylic acids is 1. The maximum Gasteiger partial charge on any atom is 0.273 e. The summed E-state index contributed by atoms with van der Waals surface area (Å²) in [6, 6.07) is 6.76. The zero-order valence-corrected chi connectivity index (χ0v) is 16.9. The zero-order chi connectivity index (χ0) is 18.4. The minimum absolute atomic E-state index is 0. The van der Waals surface area contributed by atoms with Crippen LogP contribution in [0, 0.1) is 12.7 Å². The summed E-state index contributed by atoms with van der Waals surface area (Å²) < 4.78 is 14.7. The summed E-state index contributed by atoms with van der Waals surface area (Å²) in [4.78, 5) is 13.4. The van der Waals surface area contributed by atoms with E-state index >= 15 is 0 Å². The predicted octanol–water partition coefficient (Wildman–Crippen LogP) is 2.98. The van der Waals surface area contributed by atoms with Gasteiger partial charge in [-0.25, -0.2) is 9.07 Å². The third-order valence-corrected chi connectivity index (χ3v) is 5.58. The molecule has 0 bridgehead atoms. The molecule has 1 aromatic carbocycles. The van der Waals surface area contributed by atoms with Gasteiger partial charge in [0.2, 0.25) is 0 Å². The van der Waals surface area contributed by atoms with Gasteiger partial charge >= 0.3 is 0 Å². The van der Waals surface area contributed by atoms with Crippen molar-refractivity contribution < 1.29 is 9.18 Å². The van der Waals surface area contributed by atoms with Crippen molar-refractivity contribution in [3.63, 3.8) is 0 Å². The lowest BCUT2D eigenvalue weighted by atomic mass is 10.1. The maximum absolute atomic E-state index is 12.9. The summed E-state index contributed by atoms with van der Waals surface area (Å²) >= 11 is 1.65. The third kappa shape index (κ3) is 5.92. The molecule has 1 aliphatic heterocycles. The Morgan fingerprint density at radius 1 is 1.33 bits per heavy atom. The van der Waals surface area contributed by atoms with Gasteiger partial charge in [0, 0.05) is 11.4 Å². The second kappa shape index (κ2) is 10.6. The highest BCUT2D eigenvalue weighted by atomic mass is 35.5. The van der Waals surface area contributed by atoms with E-state index in [1.165, 1.54) is 12.1 Å². The van der Waals surface area contributed by atoms with Crippen molar-refractivity contribution >= 4 is 30.1 Å². The molecule has 0 radical (unpaired) electrons. The molecule has 0 spiro atoms. The van der Waals surface area contributed by atoms with E-state index in [4.69, 9.17) is 0 Å². The molecule has 0 unspecified atom stereocenters. The number of hydrogen-bond acceptors (Lipinski definition) is 5. The highest BCUT2D eigenvalue weighted by Crippen LogP contribution is 2.20. The van der Waals surface area contributed by atoms with Crippen molar-refractivity contribution in [3.8, 4) is 0 Å². The molecule has 1 amide bonds. The van der Waals surface area contributed by atoms with Crippen LogP contribution < -0.4 is 10.6 Å². The Morgan fingerprint density at radius 3 is 2.74 bits per heavy atom. The van der Waals surface area contributed by atoms with Crippen LogP contribution in [0.2, 0.25) is 0 Å². The highest BCUT2D eigenvalue weighted by Gasteiger charge is 2.22. The summed E-state index contributed by atoms with van der Waals surface area (Å²) in [5.74, 6) is 0.455. The van der Waals surface area contributed by atoms with Gasteiger partial charge < -0.3 is 10.6 Å². The van der Waals surface area contributed by atoms with Crippen molar-refractivity contribution in [2.45, 2.75) is 37.1 Å². The third-order valence-electron chi connectivity index (χ3n) is 4.49. The van der Waals surface area contributed by atoms with E-state index in [0.717, 1.165) is 48.7 Å². The van der Waals surface area contributed by atoms with E-state index in [2.05, 4.69) is 20.9 Å². The number of nitrogens with one attached hydrogen (secondary N) is 2. The van der Waals surface area contributed by atoms with Crippen molar-refractivity contribution in [2.75, 3.05) is 25.4 Å². The molecule has 1 aromatic heterocycles. The molecule has 6 nitrogen and oxygen atoms in total. The number of rotatable bonds is 7. The minimum atomic E-state index is -0.227. The van der Waals surface area contributed by atoms with Crippen LogP contribution in [0.1, 0.15) is 41.5 Å². The summed E-state index contributed by atoms with van der Waals surface area (Å²) in [6.45, 7) is 4.42. The molecule has 148 valence electrons. The van der Waals surface area contributed by atoms with Crippen molar-refractivity contribution in [1.82, 2.24) is 25.6 Å². The Bertz CT molecular complexity index is 734. The molecule has 2 heterocycles. The van der Waals surface area contributed by atoms with Crippen LogP contribution in [0.4, 0.5) is 4.39 Å². The highest BCUT2D eigenvalue weighted by molar-refractivity contribution is 7.99. The monoisotopic (exact) mass is 413 g/mol. The molecule has 0 aliphatic carbocycles. The molecule has 1 aliphatic rings. The number of nitrogens with zero attached hydrogens (tertiary/aromatic N) is 3. The molecule has 0 atom stereocenters. The fourth-order valence-corrected chi connectivity index (χ4v) is 3.88. The summed E-state index contributed by atoms with van der Waals surface area (Å²) in [7, 11) is 0. The first-order chi connectivity index (χ1) is 12.6. The average Bonchev–Trinajstić information content (AvgIpc) is 3.05. The van der Waals surface area contributed by atoms with Crippen LogP contribution in [0.3, 0.4) is 0 Å². The van der Waals surface area contributed by atoms with Crippen molar-refractivity contribution in [3.05, 3.63) is 41.5 Å². The van der Waals surface area contributed by atoms with E-state index < -0.39 is 0 Å². The summed E-state index contributed by atoms with van der Waals surface area (Å²) in [6.07, 6.45) is 2.84. The van der Waals surface area contributed by atoms with Gasteiger partial charge in [-0.1, -0.05) is 5.21 Å². The fourth-order valence-electron chi connectivity index (χ4n) is 3.03. The van der Waals surface area contributed by atoms with Crippen molar-refractivity contribution in [2.24, 2.45) is 0 Å². The number of hydrogen-bond donors (Lipinski definition) is 2. The van der Waals surface area contributed by atoms with E-state index in [-0.39, 0.29) is 24.1 Å². The number of thioether (sulfide) groups is 1. The van der Waals surface area contributed by atoms with Gasteiger partial charge in [-0.15, -0.1) is 29.3 Å². The molecule has 3 rings (SSSR count). The van der Waals surface area contributed by atoms with Gasteiger partial charge in [0.15, 0.2) is 5.69 Å². The van der Waals surface area contributed by atoms with E-state index in [1.807, 2.05) is 11.6 Å². The first kappa shape index (κ1) is 21.7. The van der Waals surface area contributed by atoms with Crippen LogP contribution in [-0.2, 0) is 0 Å². The van der Waals surface area contributed by atoms with Gasteiger partial charge in [-0.2, -0.15) is 0 Å². The van der Waals surface area contributed by atoms with E-state index in [1.54, 1.807) is 23.9 Å². The zero-order valence-electron chi connectivity index (χ0n) is 15.3.